The molecule has 0 aromatic heterocycles. The lowest BCUT2D eigenvalue weighted by Crippen LogP contribution is -2.45. The molecule has 8 heteroatoms. The first kappa shape index (κ1) is 20.5. The zero-order valence-electron chi connectivity index (χ0n) is 16.4. The van der Waals surface area contributed by atoms with Crippen LogP contribution in [-0.2, 0) is 14.4 Å². The largest absolute Gasteiger partial charge is 0.444 e. The topological polar surface area (TPSA) is 59.1 Å². The number of carbonyl (C=O) groups is 2. The Morgan fingerprint density at radius 1 is 1.07 bits per heavy atom. The molecular formula is C20H26F2N2O4. The van der Waals surface area contributed by atoms with Gasteiger partial charge in [-0.25, -0.2) is 18.6 Å². The monoisotopic (exact) mass is 396 g/mol. The molecule has 3 rings (SSSR count). The molecule has 154 valence electrons. The van der Waals surface area contributed by atoms with Crippen molar-refractivity contribution in [3.05, 3.63) is 35.4 Å². The third-order valence-electron chi connectivity index (χ3n) is 4.89. The van der Waals surface area contributed by atoms with Gasteiger partial charge in [0.1, 0.15) is 17.2 Å². The number of likely N-dealkylation sites (tertiary alicyclic amines) is 1. The van der Waals surface area contributed by atoms with Crippen LogP contribution < -0.4 is 0 Å². The summed E-state index contributed by atoms with van der Waals surface area (Å²) in [7, 11) is 0. The summed E-state index contributed by atoms with van der Waals surface area (Å²) >= 11 is 0. The number of benzene rings is 1. The third-order valence-corrected chi connectivity index (χ3v) is 4.89. The molecule has 1 atom stereocenters. The van der Waals surface area contributed by atoms with Gasteiger partial charge in [0, 0.05) is 31.5 Å². The molecule has 6 nitrogen and oxygen atoms in total. The van der Waals surface area contributed by atoms with E-state index in [1.807, 2.05) is 0 Å². The summed E-state index contributed by atoms with van der Waals surface area (Å²) in [4.78, 5) is 32.2. The molecule has 0 radical (unpaired) electrons. The van der Waals surface area contributed by atoms with Crippen molar-refractivity contribution >= 4 is 12.0 Å². The second kappa shape index (κ2) is 8.03. The summed E-state index contributed by atoms with van der Waals surface area (Å²) in [6, 6.07) is 2.75. The van der Waals surface area contributed by atoms with E-state index in [4.69, 9.17) is 9.57 Å². The molecule has 1 unspecified atom stereocenters. The van der Waals surface area contributed by atoms with Crippen molar-refractivity contribution in [3.63, 3.8) is 0 Å². The molecule has 2 saturated heterocycles. The molecular weight excluding hydrogens is 370 g/mol. The van der Waals surface area contributed by atoms with Gasteiger partial charge in [0.15, 0.2) is 0 Å². The Balaban J connectivity index is 1.62. The zero-order valence-corrected chi connectivity index (χ0v) is 16.4. The molecule has 2 heterocycles. The van der Waals surface area contributed by atoms with Crippen molar-refractivity contribution < 1.29 is 27.9 Å². The van der Waals surface area contributed by atoms with Crippen LogP contribution in [0.25, 0.3) is 0 Å². The first-order valence-corrected chi connectivity index (χ1v) is 9.54. The van der Waals surface area contributed by atoms with Gasteiger partial charge in [0.05, 0.1) is 12.6 Å². The van der Waals surface area contributed by atoms with Crippen LogP contribution in [0.15, 0.2) is 18.2 Å². The molecule has 1 aromatic rings. The fourth-order valence-electron chi connectivity index (χ4n) is 3.57. The van der Waals surface area contributed by atoms with Gasteiger partial charge < -0.3 is 9.64 Å². The maximum atomic E-state index is 13.6. The fraction of sp³-hybridized carbons (Fsp3) is 0.600. The number of nitrogens with zero attached hydrogens (tertiary/aromatic N) is 2. The lowest BCUT2D eigenvalue weighted by molar-refractivity contribution is -0.183. The number of piperidine rings is 1. The summed E-state index contributed by atoms with van der Waals surface area (Å²) < 4.78 is 32.5. The molecule has 0 bridgehead atoms. The van der Waals surface area contributed by atoms with E-state index in [2.05, 4.69) is 0 Å². The number of halogens is 2. The number of amides is 2. The number of hydrogen-bond acceptors (Lipinski definition) is 4. The number of ether oxygens (including phenoxy) is 1. The van der Waals surface area contributed by atoms with E-state index in [1.165, 1.54) is 17.2 Å². The normalized spacial score (nSPS) is 21.1. The SMILES string of the molecule is CC(C)(C)OC(=O)N1CCC(C(=O)N2OCCC2c2cc(F)cc(F)c2)CC1. The average Bonchev–Trinajstić information content (AvgIpc) is 3.08. The van der Waals surface area contributed by atoms with E-state index < -0.39 is 23.3 Å². The second-order valence-electron chi connectivity index (χ2n) is 8.25. The van der Waals surface area contributed by atoms with E-state index in [1.54, 1.807) is 25.7 Å². The van der Waals surface area contributed by atoms with Crippen LogP contribution in [0.5, 0.6) is 0 Å². The molecule has 28 heavy (non-hydrogen) atoms. The fourth-order valence-corrected chi connectivity index (χ4v) is 3.57. The van der Waals surface area contributed by atoms with Crippen molar-refractivity contribution in [2.24, 2.45) is 5.92 Å². The van der Waals surface area contributed by atoms with Gasteiger partial charge in [-0.15, -0.1) is 0 Å². The van der Waals surface area contributed by atoms with Crippen LogP contribution in [0.4, 0.5) is 13.6 Å². The minimum Gasteiger partial charge on any atom is -0.444 e. The van der Waals surface area contributed by atoms with Gasteiger partial charge >= 0.3 is 6.09 Å². The van der Waals surface area contributed by atoms with E-state index in [0.29, 0.717) is 44.5 Å². The number of rotatable bonds is 2. The molecule has 2 aliphatic heterocycles. The first-order chi connectivity index (χ1) is 13.1. The van der Waals surface area contributed by atoms with Crippen LogP contribution in [0, 0.1) is 17.6 Å². The molecule has 2 fully saturated rings. The predicted octanol–water partition coefficient (Wildman–Crippen LogP) is 3.82. The van der Waals surface area contributed by atoms with Crippen molar-refractivity contribution in [3.8, 4) is 0 Å². The standard InChI is InChI=1S/C20H26F2N2O4/c1-20(2,3)28-19(26)23-7-4-13(5-8-23)18(25)24-17(6-9-27-24)14-10-15(21)12-16(22)11-14/h10-13,17H,4-9H2,1-3H3. The highest BCUT2D eigenvalue weighted by Gasteiger charge is 2.38. The van der Waals surface area contributed by atoms with Gasteiger partial charge in [-0.2, -0.15) is 0 Å². The Morgan fingerprint density at radius 3 is 2.25 bits per heavy atom. The Hall–Kier alpha value is -2.22. The number of hydrogen-bond donors (Lipinski definition) is 0. The van der Waals surface area contributed by atoms with Gasteiger partial charge in [0.2, 0.25) is 5.91 Å². The van der Waals surface area contributed by atoms with Crippen molar-refractivity contribution in [1.29, 1.82) is 0 Å². The van der Waals surface area contributed by atoms with Crippen LogP contribution >= 0.6 is 0 Å². The second-order valence-corrected chi connectivity index (χ2v) is 8.25. The molecule has 0 N–H and O–H groups in total. The Labute approximate surface area is 163 Å². The van der Waals surface area contributed by atoms with Crippen molar-refractivity contribution in [2.75, 3.05) is 19.7 Å². The summed E-state index contributed by atoms with van der Waals surface area (Å²) in [6.07, 6.45) is 1.07. The maximum Gasteiger partial charge on any atom is 0.410 e. The summed E-state index contributed by atoms with van der Waals surface area (Å²) in [6.45, 7) is 6.56. The molecule has 2 amide bonds. The first-order valence-electron chi connectivity index (χ1n) is 9.54. The highest BCUT2D eigenvalue weighted by atomic mass is 19.1. The minimum absolute atomic E-state index is 0.212. The lowest BCUT2D eigenvalue weighted by Gasteiger charge is -2.34. The van der Waals surface area contributed by atoms with E-state index in [0.717, 1.165) is 6.07 Å². The average molecular weight is 396 g/mol. The van der Waals surface area contributed by atoms with E-state index in [9.17, 15) is 18.4 Å². The van der Waals surface area contributed by atoms with Crippen molar-refractivity contribution in [2.45, 2.75) is 51.7 Å². The molecule has 1 aromatic carbocycles. The summed E-state index contributed by atoms with van der Waals surface area (Å²) in [5.41, 5.74) is -0.185. The highest BCUT2D eigenvalue weighted by molar-refractivity contribution is 5.79. The maximum absolute atomic E-state index is 13.6. The zero-order chi connectivity index (χ0) is 20.5. The Bertz CT molecular complexity index is 722. The third kappa shape index (κ3) is 4.79. The van der Waals surface area contributed by atoms with Crippen molar-refractivity contribution in [1.82, 2.24) is 9.96 Å². The molecule has 2 aliphatic rings. The Kier molecular flexibility index (Phi) is 5.88. The van der Waals surface area contributed by atoms with E-state index >= 15 is 0 Å². The van der Waals surface area contributed by atoms with Crippen LogP contribution in [-0.4, -0.2) is 47.3 Å². The van der Waals surface area contributed by atoms with Crippen LogP contribution in [0.2, 0.25) is 0 Å². The van der Waals surface area contributed by atoms with Gasteiger partial charge in [-0.1, -0.05) is 0 Å². The summed E-state index contributed by atoms with van der Waals surface area (Å²) in [5, 5.41) is 1.25. The number of carbonyl (C=O) groups excluding carboxylic acids is 2. The van der Waals surface area contributed by atoms with Gasteiger partial charge in [0.25, 0.3) is 0 Å². The molecule has 0 spiro atoms. The van der Waals surface area contributed by atoms with Crippen LogP contribution in [0.3, 0.4) is 0 Å². The molecule has 0 saturated carbocycles. The van der Waals surface area contributed by atoms with Crippen LogP contribution in [0.1, 0.15) is 51.6 Å². The number of hydroxylamine groups is 2. The highest BCUT2D eigenvalue weighted by Crippen LogP contribution is 2.34. The smallest absolute Gasteiger partial charge is 0.410 e. The quantitative estimate of drug-likeness (QED) is 0.763. The van der Waals surface area contributed by atoms with Gasteiger partial charge in [-0.3, -0.25) is 9.63 Å². The Morgan fingerprint density at radius 2 is 1.68 bits per heavy atom. The van der Waals surface area contributed by atoms with Gasteiger partial charge in [-0.05, 0) is 51.3 Å². The minimum atomic E-state index is -0.681. The predicted molar refractivity (Wildman–Crippen MR) is 97.0 cm³/mol. The lowest BCUT2D eigenvalue weighted by atomic mass is 9.94. The molecule has 0 aliphatic carbocycles. The summed E-state index contributed by atoms with van der Waals surface area (Å²) in [5.74, 6) is -1.88. The van der Waals surface area contributed by atoms with E-state index in [-0.39, 0.29) is 17.9 Å².